The van der Waals surface area contributed by atoms with Crippen molar-refractivity contribution in [3.8, 4) is 21.9 Å². The number of amides is 1. The molecule has 0 radical (unpaired) electrons. The highest BCUT2D eigenvalue weighted by Gasteiger charge is 2.32. The number of ether oxygens (including phenoxy) is 4. The number of benzene rings is 2. The van der Waals surface area contributed by atoms with Crippen LogP contribution >= 0.6 is 27.3 Å². The number of piperidine rings is 1. The maximum Gasteiger partial charge on any atom is 0.351 e. The summed E-state index contributed by atoms with van der Waals surface area (Å²) in [5, 5.41) is 6.32. The van der Waals surface area contributed by atoms with Crippen LogP contribution in [0.3, 0.4) is 0 Å². The summed E-state index contributed by atoms with van der Waals surface area (Å²) in [6, 6.07) is 16.6. The van der Waals surface area contributed by atoms with Crippen molar-refractivity contribution >= 4 is 50.8 Å². The standard InChI is InChI=1S/C29H31BrN2O7S/c1-3-37-22(33)17-38-25-23(30)26(40-27(25)29(35)36-2)19-8-7-11-21(16-19)39-24(18-12-14-31-15-13-18)28(34)32-20-9-5-4-6-10-20/h4-11,16,18,24,31H,3,12-15,17H2,1-2H3,(H,32,34). The van der Waals surface area contributed by atoms with E-state index in [1.165, 1.54) is 7.11 Å². The van der Waals surface area contributed by atoms with E-state index >= 15 is 0 Å². The fraction of sp³-hybridized carbons (Fsp3) is 0.345. The zero-order valence-corrected chi connectivity index (χ0v) is 24.6. The minimum atomic E-state index is -0.696. The quantitative estimate of drug-likeness (QED) is 0.275. The largest absolute Gasteiger partial charge is 0.480 e. The maximum absolute atomic E-state index is 13.4. The van der Waals surface area contributed by atoms with E-state index in [2.05, 4.69) is 26.6 Å². The molecule has 1 atom stereocenters. The first-order chi connectivity index (χ1) is 19.4. The van der Waals surface area contributed by atoms with Gasteiger partial charge in [0.25, 0.3) is 5.91 Å². The second-order valence-electron chi connectivity index (χ2n) is 9.00. The van der Waals surface area contributed by atoms with Crippen molar-refractivity contribution in [2.75, 3.05) is 38.7 Å². The molecule has 11 heteroatoms. The molecule has 2 heterocycles. The van der Waals surface area contributed by atoms with Crippen molar-refractivity contribution in [3.05, 3.63) is 63.9 Å². The van der Waals surface area contributed by atoms with E-state index in [1.54, 1.807) is 13.0 Å². The molecule has 0 spiro atoms. The Morgan fingerprint density at radius 2 is 1.85 bits per heavy atom. The van der Waals surface area contributed by atoms with Gasteiger partial charge in [0.05, 0.1) is 23.1 Å². The number of carbonyl (C=O) groups excluding carboxylic acids is 3. The monoisotopic (exact) mass is 630 g/mol. The van der Waals surface area contributed by atoms with Crippen LogP contribution in [0.2, 0.25) is 0 Å². The third-order valence-corrected chi connectivity index (χ3v) is 8.51. The fourth-order valence-corrected chi connectivity index (χ4v) is 6.34. The van der Waals surface area contributed by atoms with Crippen LogP contribution < -0.4 is 20.1 Å². The molecule has 1 aliphatic heterocycles. The molecular weight excluding hydrogens is 600 g/mol. The van der Waals surface area contributed by atoms with E-state index in [-0.39, 0.29) is 35.7 Å². The lowest BCUT2D eigenvalue weighted by Crippen LogP contribution is -2.44. The van der Waals surface area contributed by atoms with Gasteiger partial charge in [0.2, 0.25) is 0 Å². The number of halogens is 1. The van der Waals surface area contributed by atoms with E-state index in [0.29, 0.717) is 20.8 Å². The highest BCUT2D eigenvalue weighted by molar-refractivity contribution is 9.10. The third kappa shape index (κ3) is 7.41. The van der Waals surface area contributed by atoms with Gasteiger partial charge in [-0.05, 0) is 78.6 Å². The second-order valence-corrected chi connectivity index (χ2v) is 10.8. The Balaban J connectivity index is 1.61. The number of methoxy groups -OCH3 is 1. The third-order valence-electron chi connectivity index (χ3n) is 6.29. The highest BCUT2D eigenvalue weighted by Crippen LogP contribution is 2.46. The van der Waals surface area contributed by atoms with E-state index < -0.39 is 18.0 Å². The van der Waals surface area contributed by atoms with Crippen molar-refractivity contribution in [2.24, 2.45) is 5.92 Å². The van der Waals surface area contributed by atoms with Gasteiger partial charge < -0.3 is 29.6 Å². The summed E-state index contributed by atoms with van der Waals surface area (Å²) in [6.07, 6.45) is 0.928. The van der Waals surface area contributed by atoms with Gasteiger partial charge in [-0.25, -0.2) is 9.59 Å². The number of carbonyl (C=O) groups is 3. The molecule has 2 N–H and O–H groups in total. The number of para-hydroxylation sites is 1. The molecule has 1 aliphatic rings. The molecule has 212 valence electrons. The predicted octanol–water partition coefficient (Wildman–Crippen LogP) is 5.29. The molecule has 0 saturated carbocycles. The van der Waals surface area contributed by atoms with Gasteiger partial charge in [0.1, 0.15) is 5.75 Å². The molecule has 1 aromatic heterocycles. The Bertz CT molecular complexity index is 1330. The van der Waals surface area contributed by atoms with Crippen LogP contribution in [-0.4, -0.2) is 57.4 Å². The lowest BCUT2D eigenvalue weighted by Gasteiger charge is -2.30. The number of anilines is 1. The summed E-state index contributed by atoms with van der Waals surface area (Å²) in [5.41, 5.74) is 1.44. The number of esters is 2. The lowest BCUT2D eigenvalue weighted by molar-refractivity contribution is -0.145. The summed E-state index contributed by atoms with van der Waals surface area (Å²) in [6.45, 7) is 3.19. The van der Waals surface area contributed by atoms with Crippen molar-refractivity contribution in [2.45, 2.75) is 25.9 Å². The summed E-state index contributed by atoms with van der Waals surface area (Å²) >= 11 is 4.70. The van der Waals surface area contributed by atoms with Gasteiger partial charge in [-0.3, -0.25) is 4.79 Å². The predicted molar refractivity (Wildman–Crippen MR) is 156 cm³/mol. The molecule has 9 nitrogen and oxygen atoms in total. The van der Waals surface area contributed by atoms with Gasteiger partial charge in [-0.1, -0.05) is 30.3 Å². The molecule has 1 unspecified atom stereocenters. The van der Waals surface area contributed by atoms with E-state index in [4.69, 9.17) is 18.9 Å². The van der Waals surface area contributed by atoms with Crippen molar-refractivity contribution in [1.29, 1.82) is 0 Å². The Kier molecular flexibility index (Phi) is 10.6. The first-order valence-corrected chi connectivity index (χ1v) is 14.5. The molecule has 40 heavy (non-hydrogen) atoms. The number of thiophene rings is 1. The Labute approximate surface area is 245 Å². The first-order valence-electron chi connectivity index (χ1n) is 12.9. The SMILES string of the molecule is CCOC(=O)COc1c(C(=O)OC)sc(-c2cccc(OC(C(=O)Nc3ccccc3)C3CCNCC3)c2)c1Br. The van der Waals surface area contributed by atoms with Gasteiger partial charge in [0, 0.05) is 11.6 Å². The molecule has 4 rings (SSSR count). The highest BCUT2D eigenvalue weighted by atomic mass is 79.9. The Morgan fingerprint density at radius 1 is 1.10 bits per heavy atom. The van der Waals surface area contributed by atoms with E-state index in [9.17, 15) is 14.4 Å². The molecular formula is C29H31BrN2O7S. The average molecular weight is 632 g/mol. The maximum atomic E-state index is 13.4. The van der Waals surface area contributed by atoms with E-state index in [1.807, 2.05) is 48.5 Å². The Hall–Kier alpha value is -3.41. The number of rotatable bonds is 11. The zero-order chi connectivity index (χ0) is 28.5. The molecule has 2 aromatic carbocycles. The Morgan fingerprint density at radius 3 is 2.55 bits per heavy atom. The number of hydrogen-bond donors (Lipinski definition) is 2. The summed E-state index contributed by atoms with van der Waals surface area (Å²) in [5.74, 6) is -0.601. The van der Waals surface area contributed by atoms with Crippen molar-refractivity contribution < 1.29 is 33.3 Å². The van der Waals surface area contributed by atoms with Crippen molar-refractivity contribution in [1.82, 2.24) is 5.32 Å². The van der Waals surface area contributed by atoms with Crippen LogP contribution in [0.4, 0.5) is 5.69 Å². The molecule has 0 aliphatic carbocycles. The van der Waals surface area contributed by atoms with Gasteiger partial charge in [0.15, 0.2) is 23.3 Å². The molecule has 1 saturated heterocycles. The topological polar surface area (TPSA) is 112 Å². The summed E-state index contributed by atoms with van der Waals surface area (Å²) in [7, 11) is 1.28. The van der Waals surface area contributed by atoms with Crippen LogP contribution in [0.25, 0.3) is 10.4 Å². The number of hydrogen-bond acceptors (Lipinski definition) is 9. The zero-order valence-electron chi connectivity index (χ0n) is 22.2. The lowest BCUT2D eigenvalue weighted by atomic mass is 9.91. The van der Waals surface area contributed by atoms with Crippen LogP contribution in [-0.2, 0) is 19.1 Å². The fourth-order valence-electron chi connectivity index (χ4n) is 4.37. The van der Waals surface area contributed by atoms with Crippen LogP contribution in [0.5, 0.6) is 11.5 Å². The normalized spacial score (nSPS) is 14.2. The van der Waals surface area contributed by atoms with Gasteiger partial charge in [-0.15, -0.1) is 11.3 Å². The molecule has 3 aromatic rings. The summed E-state index contributed by atoms with van der Waals surface area (Å²) in [4.78, 5) is 38.7. The van der Waals surface area contributed by atoms with E-state index in [0.717, 1.165) is 42.8 Å². The minimum Gasteiger partial charge on any atom is -0.480 e. The van der Waals surface area contributed by atoms with Crippen LogP contribution in [0, 0.1) is 5.92 Å². The summed E-state index contributed by atoms with van der Waals surface area (Å²) < 4.78 is 22.4. The minimum absolute atomic E-state index is 0.0379. The van der Waals surface area contributed by atoms with Gasteiger partial charge >= 0.3 is 11.9 Å². The molecule has 1 fully saturated rings. The van der Waals surface area contributed by atoms with Gasteiger partial charge in [-0.2, -0.15) is 0 Å². The smallest absolute Gasteiger partial charge is 0.351 e. The van der Waals surface area contributed by atoms with Crippen LogP contribution in [0.1, 0.15) is 29.4 Å². The average Bonchev–Trinajstić information content (AvgIpc) is 3.31. The molecule has 1 amide bonds. The molecule has 0 bridgehead atoms. The second kappa shape index (κ2) is 14.3. The number of nitrogens with one attached hydrogen (secondary N) is 2. The van der Waals surface area contributed by atoms with Crippen LogP contribution in [0.15, 0.2) is 59.1 Å². The van der Waals surface area contributed by atoms with Crippen molar-refractivity contribution in [3.63, 3.8) is 0 Å². The first kappa shape index (κ1) is 29.6.